The summed E-state index contributed by atoms with van der Waals surface area (Å²) >= 11 is 0. The molecule has 2 rings (SSSR count). The van der Waals surface area contributed by atoms with Crippen molar-refractivity contribution >= 4 is 11.9 Å². The van der Waals surface area contributed by atoms with Gasteiger partial charge in [0, 0.05) is 12.0 Å². The predicted molar refractivity (Wildman–Crippen MR) is 86.3 cm³/mol. The number of phenolic OH excluding ortho intramolecular Hbond substituents is 1. The van der Waals surface area contributed by atoms with Gasteiger partial charge in [-0.3, -0.25) is 4.79 Å². The number of carbonyl (C=O) groups is 2. The number of esters is 1. The van der Waals surface area contributed by atoms with Gasteiger partial charge < -0.3 is 15.2 Å². The second-order valence-corrected chi connectivity index (χ2v) is 5.29. The van der Waals surface area contributed by atoms with E-state index in [1.54, 1.807) is 24.3 Å². The maximum atomic E-state index is 12.3. The minimum atomic E-state index is -0.793. The predicted octanol–water partition coefficient (Wildman–Crippen LogP) is 2.21. The van der Waals surface area contributed by atoms with Crippen LogP contribution in [0.3, 0.4) is 0 Å². The molecular formula is C18H19NO4. The summed E-state index contributed by atoms with van der Waals surface area (Å²) < 4.78 is 4.76. The van der Waals surface area contributed by atoms with Crippen LogP contribution >= 0.6 is 0 Å². The molecule has 0 spiro atoms. The van der Waals surface area contributed by atoms with Crippen molar-refractivity contribution in [1.29, 1.82) is 0 Å². The Labute approximate surface area is 134 Å². The number of carbonyl (C=O) groups excluding carboxylic acids is 2. The van der Waals surface area contributed by atoms with Gasteiger partial charge in [0.25, 0.3) is 5.91 Å². The van der Waals surface area contributed by atoms with Crippen molar-refractivity contribution in [2.75, 3.05) is 7.11 Å². The van der Waals surface area contributed by atoms with Gasteiger partial charge in [-0.05, 0) is 36.8 Å². The van der Waals surface area contributed by atoms with Gasteiger partial charge >= 0.3 is 5.97 Å². The number of ether oxygens (including phenoxy) is 1. The van der Waals surface area contributed by atoms with Gasteiger partial charge in [0.15, 0.2) is 0 Å². The summed E-state index contributed by atoms with van der Waals surface area (Å²) in [6.07, 6.45) is 0.282. The molecule has 0 aliphatic heterocycles. The molecule has 2 aromatic carbocycles. The molecule has 0 radical (unpaired) electrons. The molecule has 0 saturated carbocycles. The fourth-order valence-electron chi connectivity index (χ4n) is 2.15. The standard InChI is InChI=1S/C18H19NO4/c1-12-3-7-14(8-4-12)17(21)19-16(18(22)23-2)11-13-5-9-15(20)10-6-13/h3-10,16,20H,11H2,1-2H3,(H,19,21). The lowest BCUT2D eigenvalue weighted by Gasteiger charge is -2.17. The van der Waals surface area contributed by atoms with E-state index in [1.165, 1.54) is 19.2 Å². The van der Waals surface area contributed by atoms with Gasteiger partial charge in [-0.1, -0.05) is 29.8 Å². The first kappa shape index (κ1) is 16.5. The summed E-state index contributed by atoms with van der Waals surface area (Å²) in [7, 11) is 1.28. The Balaban J connectivity index is 2.12. The lowest BCUT2D eigenvalue weighted by Crippen LogP contribution is -2.43. The van der Waals surface area contributed by atoms with E-state index in [9.17, 15) is 14.7 Å². The Hall–Kier alpha value is -2.82. The van der Waals surface area contributed by atoms with Crippen molar-refractivity contribution in [3.63, 3.8) is 0 Å². The summed E-state index contributed by atoms with van der Waals surface area (Å²) in [5.74, 6) is -0.704. The van der Waals surface area contributed by atoms with Crippen molar-refractivity contribution in [2.24, 2.45) is 0 Å². The molecule has 1 atom stereocenters. The van der Waals surface area contributed by atoms with Crippen LogP contribution in [-0.4, -0.2) is 30.1 Å². The van der Waals surface area contributed by atoms with E-state index in [0.29, 0.717) is 5.56 Å². The van der Waals surface area contributed by atoms with Crippen LogP contribution in [0.5, 0.6) is 5.75 Å². The molecule has 0 aliphatic carbocycles. The highest BCUT2D eigenvalue weighted by molar-refractivity contribution is 5.96. The number of nitrogens with one attached hydrogen (secondary N) is 1. The lowest BCUT2D eigenvalue weighted by molar-refractivity contribution is -0.142. The molecule has 2 aromatic rings. The number of hydrogen-bond acceptors (Lipinski definition) is 4. The Bertz CT molecular complexity index is 677. The van der Waals surface area contributed by atoms with E-state index in [4.69, 9.17) is 4.74 Å². The molecule has 5 nitrogen and oxygen atoms in total. The third kappa shape index (κ3) is 4.57. The summed E-state index contributed by atoms with van der Waals surface area (Å²) in [5.41, 5.74) is 2.34. The van der Waals surface area contributed by atoms with Crippen molar-refractivity contribution in [2.45, 2.75) is 19.4 Å². The number of hydrogen-bond donors (Lipinski definition) is 2. The molecule has 0 heterocycles. The molecule has 0 aromatic heterocycles. The van der Waals surface area contributed by atoms with Crippen LogP contribution in [0.2, 0.25) is 0 Å². The van der Waals surface area contributed by atoms with Crippen LogP contribution < -0.4 is 5.32 Å². The number of aromatic hydroxyl groups is 1. The van der Waals surface area contributed by atoms with E-state index in [0.717, 1.165) is 11.1 Å². The van der Waals surface area contributed by atoms with E-state index < -0.39 is 12.0 Å². The average Bonchev–Trinajstić information content (AvgIpc) is 2.56. The van der Waals surface area contributed by atoms with Crippen LogP contribution in [0.1, 0.15) is 21.5 Å². The first-order valence-electron chi connectivity index (χ1n) is 7.23. The second-order valence-electron chi connectivity index (χ2n) is 5.29. The average molecular weight is 313 g/mol. The quantitative estimate of drug-likeness (QED) is 0.830. The molecule has 1 amide bonds. The summed E-state index contributed by atoms with van der Waals surface area (Å²) in [6, 6.07) is 12.8. The third-order valence-electron chi connectivity index (χ3n) is 3.48. The van der Waals surface area contributed by atoms with Crippen molar-refractivity contribution in [1.82, 2.24) is 5.32 Å². The number of amides is 1. The smallest absolute Gasteiger partial charge is 0.328 e. The number of phenols is 1. The molecular weight excluding hydrogens is 294 g/mol. The number of benzene rings is 2. The zero-order chi connectivity index (χ0) is 16.8. The summed E-state index contributed by atoms with van der Waals surface area (Å²) in [5, 5.41) is 12.0. The first-order valence-corrected chi connectivity index (χ1v) is 7.23. The molecule has 0 saturated heterocycles. The van der Waals surface area contributed by atoms with Gasteiger partial charge in [0.05, 0.1) is 7.11 Å². The Kier molecular flexibility index (Phi) is 5.36. The highest BCUT2D eigenvalue weighted by atomic mass is 16.5. The second kappa shape index (κ2) is 7.45. The highest BCUT2D eigenvalue weighted by Crippen LogP contribution is 2.12. The van der Waals surface area contributed by atoms with Crippen LogP contribution in [0.25, 0.3) is 0 Å². The number of rotatable bonds is 5. The zero-order valence-corrected chi connectivity index (χ0v) is 13.1. The molecule has 1 unspecified atom stereocenters. The minimum absolute atomic E-state index is 0.145. The Morgan fingerprint density at radius 3 is 2.26 bits per heavy atom. The molecule has 0 bridgehead atoms. The van der Waals surface area contributed by atoms with Crippen molar-refractivity contribution < 1.29 is 19.4 Å². The normalized spacial score (nSPS) is 11.6. The SMILES string of the molecule is COC(=O)C(Cc1ccc(O)cc1)NC(=O)c1ccc(C)cc1. The fraction of sp³-hybridized carbons (Fsp3) is 0.222. The van der Waals surface area contributed by atoms with Crippen LogP contribution in [-0.2, 0) is 16.0 Å². The largest absolute Gasteiger partial charge is 0.508 e. The highest BCUT2D eigenvalue weighted by Gasteiger charge is 2.22. The fourth-order valence-corrected chi connectivity index (χ4v) is 2.15. The molecule has 0 fully saturated rings. The summed E-state index contributed by atoms with van der Waals surface area (Å²) in [6.45, 7) is 1.93. The molecule has 0 aliphatic rings. The Morgan fingerprint density at radius 1 is 1.09 bits per heavy atom. The molecule has 23 heavy (non-hydrogen) atoms. The summed E-state index contributed by atoms with van der Waals surface area (Å²) in [4.78, 5) is 24.2. The maximum absolute atomic E-state index is 12.3. The van der Waals surface area contributed by atoms with Gasteiger partial charge in [-0.25, -0.2) is 4.79 Å². The van der Waals surface area contributed by atoms with Crippen molar-refractivity contribution in [3.8, 4) is 5.75 Å². The monoisotopic (exact) mass is 313 g/mol. The van der Waals surface area contributed by atoms with Crippen LogP contribution in [0.4, 0.5) is 0 Å². The van der Waals surface area contributed by atoms with E-state index in [-0.39, 0.29) is 18.1 Å². The van der Waals surface area contributed by atoms with Crippen molar-refractivity contribution in [3.05, 3.63) is 65.2 Å². The molecule has 5 heteroatoms. The first-order chi connectivity index (χ1) is 11.0. The van der Waals surface area contributed by atoms with E-state index in [1.807, 2.05) is 19.1 Å². The van der Waals surface area contributed by atoms with Gasteiger partial charge in [0.1, 0.15) is 11.8 Å². The van der Waals surface area contributed by atoms with Gasteiger partial charge in [-0.2, -0.15) is 0 Å². The lowest BCUT2D eigenvalue weighted by atomic mass is 10.0. The molecule has 2 N–H and O–H groups in total. The van der Waals surface area contributed by atoms with Crippen LogP contribution in [0, 0.1) is 6.92 Å². The topological polar surface area (TPSA) is 75.6 Å². The van der Waals surface area contributed by atoms with E-state index >= 15 is 0 Å². The van der Waals surface area contributed by atoms with Gasteiger partial charge in [0.2, 0.25) is 0 Å². The minimum Gasteiger partial charge on any atom is -0.508 e. The Morgan fingerprint density at radius 2 is 1.70 bits per heavy atom. The molecule has 120 valence electrons. The number of methoxy groups -OCH3 is 1. The van der Waals surface area contributed by atoms with Gasteiger partial charge in [-0.15, -0.1) is 0 Å². The van der Waals surface area contributed by atoms with E-state index in [2.05, 4.69) is 5.32 Å². The third-order valence-corrected chi connectivity index (χ3v) is 3.48. The zero-order valence-electron chi connectivity index (χ0n) is 13.1. The van der Waals surface area contributed by atoms with Crippen LogP contribution in [0.15, 0.2) is 48.5 Å². The maximum Gasteiger partial charge on any atom is 0.328 e. The number of aryl methyl sites for hydroxylation is 1.